The molecule has 24 heavy (non-hydrogen) atoms. The van der Waals surface area contributed by atoms with E-state index in [1.807, 2.05) is 23.5 Å². The zero-order valence-electron chi connectivity index (χ0n) is 13.1. The van der Waals surface area contributed by atoms with Crippen LogP contribution in [-0.4, -0.2) is 31.4 Å². The molecule has 0 N–H and O–H groups in total. The third-order valence-electron chi connectivity index (χ3n) is 3.80. The van der Waals surface area contributed by atoms with Crippen LogP contribution in [0.4, 0.5) is 0 Å². The average Bonchev–Trinajstić information content (AvgIpc) is 2.99. The maximum absolute atomic E-state index is 9.49. The summed E-state index contributed by atoms with van der Waals surface area (Å²) in [6.07, 6.45) is 3.41. The molecule has 0 amide bonds. The molecule has 4 heterocycles. The van der Waals surface area contributed by atoms with Gasteiger partial charge in [-0.15, -0.1) is 0 Å². The minimum absolute atomic E-state index is 0.319. The van der Waals surface area contributed by atoms with Gasteiger partial charge in [0.05, 0.1) is 12.8 Å². The molecule has 0 aromatic carbocycles. The van der Waals surface area contributed by atoms with Crippen LogP contribution in [-0.2, 0) is 0 Å². The van der Waals surface area contributed by atoms with E-state index in [1.165, 1.54) is 0 Å². The van der Waals surface area contributed by atoms with Gasteiger partial charge in [0.25, 0.3) is 0 Å². The topological polar surface area (TPSA) is 89.0 Å². The lowest BCUT2D eigenvalue weighted by molar-refractivity contribution is 0.399. The summed E-state index contributed by atoms with van der Waals surface area (Å²) in [5.41, 5.74) is 3.77. The summed E-state index contributed by atoms with van der Waals surface area (Å²) in [7, 11) is 1.56. The van der Waals surface area contributed by atoms with Crippen molar-refractivity contribution in [3.05, 3.63) is 48.0 Å². The molecule has 0 spiro atoms. The highest BCUT2D eigenvalue weighted by molar-refractivity contribution is 5.82. The number of hydrogen-bond acceptors (Lipinski definition) is 6. The first-order valence-electron chi connectivity index (χ1n) is 7.27. The van der Waals surface area contributed by atoms with Gasteiger partial charge >= 0.3 is 0 Å². The van der Waals surface area contributed by atoms with Gasteiger partial charge in [-0.2, -0.15) is 10.2 Å². The maximum Gasteiger partial charge on any atom is 0.215 e. The molecule has 4 aromatic rings. The zero-order chi connectivity index (χ0) is 16.7. The van der Waals surface area contributed by atoms with Gasteiger partial charge in [0, 0.05) is 24.0 Å². The number of fused-ring (bicyclic) bond motifs is 3. The highest BCUT2D eigenvalue weighted by Gasteiger charge is 2.19. The zero-order valence-corrected chi connectivity index (χ0v) is 13.1. The highest BCUT2D eigenvalue weighted by atomic mass is 16.5. The smallest absolute Gasteiger partial charge is 0.215 e. The molecule has 4 rings (SSSR count). The van der Waals surface area contributed by atoms with Gasteiger partial charge in [0.15, 0.2) is 11.3 Å². The molecule has 0 atom stereocenters. The Morgan fingerprint density at radius 3 is 2.58 bits per heavy atom. The molecule has 0 aliphatic rings. The average molecular weight is 316 g/mol. The van der Waals surface area contributed by atoms with Crippen molar-refractivity contribution in [1.29, 1.82) is 5.26 Å². The van der Waals surface area contributed by atoms with E-state index in [4.69, 9.17) is 4.74 Å². The van der Waals surface area contributed by atoms with Crippen molar-refractivity contribution in [2.45, 2.75) is 6.92 Å². The van der Waals surface area contributed by atoms with Crippen LogP contribution in [0.1, 0.15) is 11.4 Å². The van der Waals surface area contributed by atoms with Crippen molar-refractivity contribution in [3.8, 4) is 23.3 Å². The van der Waals surface area contributed by atoms with Gasteiger partial charge in [-0.25, -0.2) is 9.97 Å². The van der Waals surface area contributed by atoms with Gasteiger partial charge in [-0.3, -0.25) is 9.38 Å². The van der Waals surface area contributed by atoms with E-state index in [0.29, 0.717) is 34.1 Å². The van der Waals surface area contributed by atoms with Crippen LogP contribution in [0.25, 0.3) is 28.1 Å². The van der Waals surface area contributed by atoms with Crippen molar-refractivity contribution < 1.29 is 4.74 Å². The quantitative estimate of drug-likeness (QED) is 0.564. The first kappa shape index (κ1) is 14.1. The van der Waals surface area contributed by atoms with E-state index in [0.717, 1.165) is 11.3 Å². The van der Waals surface area contributed by atoms with Crippen LogP contribution in [0.2, 0.25) is 0 Å². The Kier molecular flexibility index (Phi) is 3.10. The summed E-state index contributed by atoms with van der Waals surface area (Å²) in [4.78, 5) is 17.6. The molecule has 0 saturated heterocycles. The van der Waals surface area contributed by atoms with Crippen molar-refractivity contribution >= 4 is 16.7 Å². The normalized spacial score (nSPS) is 10.9. The number of ether oxygens (including phenoxy) is 1. The lowest BCUT2D eigenvalue weighted by Crippen LogP contribution is -2.01. The first-order chi connectivity index (χ1) is 11.7. The monoisotopic (exact) mass is 316 g/mol. The number of nitriles is 1. The van der Waals surface area contributed by atoms with E-state index in [9.17, 15) is 5.26 Å². The van der Waals surface area contributed by atoms with Gasteiger partial charge in [0.2, 0.25) is 5.88 Å². The fourth-order valence-corrected chi connectivity index (χ4v) is 2.75. The molecule has 116 valence electrons. The molecule has 0 bridgehead atoms. The van der Waals surface area contributed by atoms with Crippen LogP contribution in [0.3, 0.4) is 0 Å². The summed E-state index contributed by atoms with van der Waals surface area (Å²) < 4.78 is 7.09. The van der Waals surface area contributed by atoms with Crippen LogP contribution >= 0.6 is 0 Å². The molecule has 7 heteroatoms. The fourth-order valence-electron chi connectivity index (χ4n) is 2.75. The maximum atomic E-state index is 9.49. The molecule has 0 fully saturated rings. The lowest BCUT2D eigenvalue weighted by atomic mass is 10.2. The van der Waals surface area contributed by atoms with E-state index in [1.54, 1.807) is 31.6 Å². The second kappa shape index (κ2) is 5.28. The van der Waals surface area contributed by atoms with Gasteiger partial charge in [0.1, 0.15) is 22.9 Å². The third kappa shape index (κ3) is 1.97. The number of hydrogen-bond donors (Lipinski definition) is 0. The summed E-state index contributed by atoms with van der Waals surface area (Å²) in [5.74, 6) is 1.16. The number of imidazole rings is 1. The second-order valence-electron chi connectivity index (χ2n) is 5.21. The van der Waals surface area contributed by atoms with Gasteiger partial charge in [-0.05, 0) is 25.1 Å². The highest BCUT2D eigenvalue weighted by Crippen LogP contribution is 2.28. The standard InChI is InChI=1S/C17H12N6O/c1-10-15-13(9-18)21-12-3-4-14(24-2)22-17(12)23(15)16(20-10)11-5-7-19-8-6-11/h3-8H,1-2H3. The Morgan fingerprint density at radius 1 is 1.08 bits per heavy atom. The summed E-state index contributed by atoms with van der Waals surface area (Å²) in [6, 6.07) is 9.39. The fraction of sp³-hybridized carbons (Fsp3) is 0.118. The van der Waals surface area contributed by atoms with Crippen LogP contribution in [0, 0.1) is 18.3 Å². The van der Waals surface area contributed by atoms with Crippen molar-refractivity contribution in [3.63, 3.8) is 0 Å². The number of aryl methyl sites for hydroxylation is 1. The van der Waals surface area contributed by atoms with Gasteiger partial charge < -0.3 is 4.74 Å². The van der Waals surface area contributed by atoms with E-state index in [2.05, 4.69) is 26.0 Å². The predicted octanol–water partition coefficient (Wildman–Crippen LogP) is 2.53. The molecule has 0 aliphatic heterocycles. The van der Waals surface area contributed by atoms with Crippen LogP contribution in [0.5, 0.6) is 5.88 Å². The van der Waals surface area contributed by atoms with Crippen molar-refractivity contribution in [1.82, 2.24) is 24.3 Å². The SMILES string of the molecule is COc1ccc2nc(C#N)c3c(C)nc(-c4ccncc4)n3c2n1. The molecule has 0 radical (unpaired) electrons. The number of aromatic nitrogens is 5. The molecule has 7 nitrogen and oxygen atoms in total. The first-order valence-corrected chi connectivity index (χ1v) is 7.27. The van der Waals surface area contributed by atoms with E-state index < -0.39 is 0 Å². The molecule has 0 aliphatic carbocycles. The lowest BCUT2D eigenvalue weighted by Gasteiger charge is -2.07. The number of nitrogens with zero attached hydrogens (tertiary/aromatic N) is 6. The number of rotatable bonds is 2. The Hall–Kier alpha value is -3.53. The Bertz CT molecular complexity index is 1110. The largest absolute Gasteiger partial charge is 0.481 e. The Morgan fingerprint density at radius 2 is 1.88 bits per heavy atom. The molecular weight excluding hydrogens is 304 g/mol. The van der Waals surface area contributed by atoms with Gasteiger partial charge in [-0.1, -0.05) is 0 Å². The van der Waals surface area contributed by atoms with Crippen molar-refractivity contribution in [2.24, 2.45) is 0 Å². The van der Waals surface area contributed by atoms with Crippen LogP contribution < -0.4 is 4.74 Å². The number of pyridine rings is 2. The third-order valence-corrected chi connectivity index (χ3v) is 3.80. The minimum atomic E-state index is 0.319. The van der Waals surface area contributed by atoms with E-state index in [-0.39, 0.29) is 0 Å². The molecule has 0 unspecified atom stereocenters. The molecule has 0 saturated carbocycles. The molecule has 4 aromatic heterocycles. The van der Waals surface area contributed by atoms with Crippen LogP contribution in [0.15, 0.2) is 36.7 Å². The summed E-state index contributed by atoms with van der Waals surface area (Å²) >= 11 is 0. The predicted molar refractivity (Wildman–Crippen MR) is 87.5 cm³/mol. The Labute approximate surface area is 137 Å². The Balaban J connectivity index is 2.22. The van der Waals surface area contributed by atoms with Crippen molar-refractivity contribution in [2.75, 3.05) is 7.11 Å². The van der Waals surface area contributed by atoms with E-state index >= 15 is 0 Å². The number of methoxy groups -OCH3 is 1. The molecular formula is C17H12N6O. The summed E-state index contributed by atoms with van der Waals surface area (Å²) in [6.45, 7) is 1.86. The summed E-state index contributed by atoms with van der Waals surface area (Å²) in [5, 5.41) is 9.49. The second-order valence-corrected chi connectivity index (χ2v) is 5.21. The minimum Gasteiger partial charge on any atom is -0.481 e.